The van der Waals surface area contributed by atoms with Crippen LogP contribution in [0.25, 0.3) is 0 Å². The molecule has 7 heteroatoms. The summed E-state index contributed by atoms with van der Waals surface area (Å²) in [4.78, 5) is 20.4. The SMILES string of the molecule is C[C@H](C(=O)NC1(c2noc([C@H]3CCCO3)n2)CCCCCC1)N1CCCCCC1. The van der Waals surface area contributed by atoms with Gasteiger partial charge in [0.15, 0.2) is 5.82 Å². The molecular weight excluding hydrogens is 368 g/mol. The van der Waals surface area contributed by atoms with Crippen molar-refractivity contribution in [1.82, 2.24) is 20.4 Å². The Bertz CT molecular complexity index is 655. The van der Waals surface area contributed by atoms with Gasteiger partial charge in [0.05, 0.1) is 6.04 Å². The van der Waals surface area contributed by atoms with E-state index in [1.165, 1.54) is 38.5 Å². The van der Waals surface area contributed by atoms with Gasteiger partial charge < -0.3 is 14.6 Å². The average Bonchev–Trinajstić information content (AvgIpc) is 3.30. The van der Waals surface area contributed by atoms with Crippen molar-refractivity contribution in [3.63, 3.8) is 0 Å². The topological polar surface area (TPSA) is 80.5 Å². The van der Waals surface area contributed by atoms with E-state index in [1.807, 2.05) is 6.92 Å². The number of likely N-dealkylation sites (tertiary alicyclic amines) is 1. The van der Waals surface area contributed by atoms with Gasteiger partial charge in [-0.3, -0.25) is 9.69 Å². The van der Waals surface area contributed by atoms with Crippen molar-refractivity contribution >= 4 is 5.91 Å². The summed E-state index contributed by atoms with van der Waals surface area (Å²) >= 11 is 0. The molecule has 0 spiro atoms. The van der Waals surface area contributed by atoms with Crippen LogP contribution < -0.4 is 5.32 Å². The van der Waals surface area contributed by atoms with Crippen LogP contribution in [-0.2, 0) is 15.1 Å². The predicted molar refractivity (Wildman–Crippen MR) is 109 cm³/mol. The second-order valence-electron chi connectivity index (χ2n) is 9.07. The highest BCUT2D eigenvalue weighted by Crippen LogP contribution is 2.36. The third-order valence-electron chi connectivity index (χ3n) is 6.96. The van der Waals surface area contributed by atoms with Crippen molar-refractivity contribution in [3.05, 3.63) is 11.7 Å². The molecule has 1 saturated carbocycles. The van der Waals surface area contributed by atoms with Crippen molar-refractivity contribution in [2.45, 2.75) is 102 Å². The van der Waals surface area contributed by atoms with Crippen LogP contribution in [0.4, 0.5) is 0 Å². The molecule has 2 saturated heterocycles. The molecule has 1 aromatic rings. The van der Waals surface area contributed by atoms with Crippen molar-refractivity contribution in [3.8, 4) is 0 Å². The molecule has 7 nitrogen and oxygen atoms in total. The maximum Gasteiger partial charge on any atom is 0.255 e. The Hall–Kier alpha value is -1.47. The molecule has 0 aromatic carbocycles. The number of carbonyl (C=O) groups is 1. The largest absolute Gasteiger partial charge is 0.368 e. The Morgan fingerprint density at radius 3 is 2.41 bits per heavy atom. The summed E-state index contributed by atoms with van der Waals surface area (Å²) in [5.74, 6) is 1.30. The highest BCUT2D eigenvalue weighted by atomic mass is 16.5. The van der Waals surface area contributed by atoms with Crippen LogP contribution in [0.5, 0.6) is 0 Å². The van der Waals surface area contributed by atoms with Gasteiger partial charge >= 0.3 is 0 Å². The molecule has 0 radical (unpaired) electrons. The van der Waals surface area contributed by atoms with E-state index in [2.05, 4.69) is 15.4 Å². The van der Waals surface area contributed by atoms with Crippen LogP contribution >= 0.6 is 0 Å². The molecule has 0 unspecified atom stereocenters. The van der Waals surface area contributed by atoms with E-state index in [0.717, 1.165) is 58.2 Å². The zero-order chi connectivity index (χ0) is 20.1. The van der Waals surface area contributed by atoms with Gasteiger partial charge in [0.2, 0.25) is 5.91 Å². The molecular formula is C22H36N4O3. The number of ether oxygens (including phenoxy) is 1. The van der Waals surface area contributed by atoms with Gasteiger partial charge in [-0.1, -0.05) is 43.7 Å². The fourth-order valence-corrected chi connectivity index (χ4v) is 5.06. The number of hydrogen-bond acceptors (Lipinski definition) is 6. The van der Waals surface area contributed by atoms with Gasteiger partial charge in [-0.2, -0.15) is 4.98 Å². The monoisotopic (exact) mass is 404 g/mol. The fraction of sp³-hybridized carbons (Fsp3) is 0.864. The van der Waals surface area contributed by atoms with Gasteiger partial charge in [0.25, 0.3) is 5.89 Å². The lowest BCUT2D eigenvalue weighted by atomic mass is 9.88. The van der Waals surface area contributed by atoms with E-state index >= 15 is 0 Å². The van der Waals surface area contributed by atoms with Gasteiger partial charge in [0.1, 0.15) is 11.6 Å². The normalized spacial score (nSPS) is 27.1. The first-order valence-corrected chi connectivity index (χ1v) is 11.7. The molecule has 1 amide bonds. The van der Waals surface area contributed by atoms with Gasteiger partial charge in [0, 0.05) is 6.61 Å². The highest BCUT2D eigenvalue weighted by molar-refractivity contribution is 5.82. The molecule has 3 fully saturated rings. The zero-order valence-electron chi connectivity index (χ0n) is 17.8. The predicted octanol–water partition coefficient (Wildman–Crippen LogP) is 3.85. The fourth-order valence-electron chi connectivity index (χ4n) is 5.06. The summed E-state index contributed by atoms with van der Waals surface area (Å²) in [5.41, 5.74) is -0.520. The minimum atomic E-state index is -0.520. The first-order valence-electron chi connectivity index (χ1n) is 11.7. The Morgan fingerprint density at radius 2 is 1.76 bits per heavy atom. The van der Waals surface area contributed by atoms with Gasteiger partial charge in [-0.25, -0.2) is 0 Å². The quantitative estimate of drug-likeness (QED) is 0.751. The van der Waals surface area contributed by atoms with E-state index < -0.39 is 5.54 Å². The van der Waals surface area contributed by atoms with E-state index in [1.54, 1.807) is 0 Å². The number of rotatable bonds is 5. The number of carbonyl (C=O) groups excluding carboxylic acids is 1. The molecule has 2 atom stereocenters. The summed E-state index contributed by atoms with van der Waals surface area (Å²) in [6.07, 6.45) is 13.0. The first kappa shape index (κ1) is 20.8. The van der Waals surface area contributed by atoms with Crippen LogP contribution in [0, 0.1) is 0 Å². The lowest BCUT2D eigenvalue weighted by Crippen LogP contribution is -2.53. The number of hydrogen-bond donors (Lipinski definition) is 1. The smallest absolute Gasteiger partial charge is 0.255 e. The van der Waals surface area contributed by atoms with Crippen molar-refractivity contribution in [2.75, 3.05) is 19.7 Å². The summed E-state index contributed by atoms with van der Waals surface area (Å²) < 4.78 is 11.3. The Kier molecular flexibility index (Phi) is 6.85. The van der Waals surface area contributed by atoms with Crippen LogP contribution in [-0.4, -0.2) is 46.7 Å². The van der Waals surface area contributed by atoms with Gasteiger partial charge in [-0.15, -0.1) is 0 Å². The Morgan fingerprint density at radius 1 is 1.07 bits per heavy atom. The third kappa shape index (κ3) is 4.82. The summed E-state index contributed by atoms with van der Waals surface area (Å²) in [5, 5.41) is 7.75. The molecule has 1 aromatic heterocycles. The highest BCUT2D eigenvalue weighted by Gasteiger charge is 2.41. The molecule has 0 bridgehead atoms. The lowest BCUT2D eigenvalue weighted by molar-refractivity contribution is -0.128. The van der Waals surface area contributed by atoms with Crippen molar-refractivity contribution in [1.29, 1.82) is 0 Å². The van der Waals surface area contributed by atoms with Crippen LogP contribution in [0.2, 0.25) is 0 Å². The molecule has 1 aliphatic carbocycles. The second-order valence-corrected chi connectivity index (χ2v) is 9.07. The van der Waals surface area contributed by atoms with Crippen LogP contribution in [0.1, 0.15) is 102 Å². The summed E-state index contributed by atoms with van der Waals surface area (Å²) in [6, 6.07) is -0.127. The van der Waals surface area contributed by atoms with Crippen LogP contribution in [0.15, 0.2) is 4.52 Å². The van der Waals surface area contributed by atoms with Crippen molar-refractivity contribution in [2.24, 2.45) is 0 Å². The standard InChI is InChI=1S/C22H36N4O3/c1-17(26-14-8-4-5-9-15-26)19(27)24-22(12-6-2-3-7-13-22)21-23-20(29-25-21)18-11-10-16-28-18/h17-18H,2-16H2,1H3,(H,24,27)/t17-,18-/m1/s1. The first-order chi connectivity index (χ1) is 14.2. The van der Waals surface area contributed by atoms with E-state index in [-0.39, 0.29) is 18.1 Å². The summed E-state index contributed by atoms with van der Waals surface area (Å²) in [7, 11) is 0. The molecule has 3 heterocycles. The lowest BCUT2D eigenvalue weighted by Gasteiger charge is -2.34. The molecule has 1 N–H and O–H groups in total. The molecule has 4 rings (SSSR count). The molecule has 162 valence electrons. The second kappa shape index (κ2) is 9.56. The Labute approximate surface area is 173 Å². The van der Waals surface area contributed by atoms with Gasteiger partial charge in [-0.05, 0) is 58.5 Å². The van der Waals surface area contributed by atoms with E-state index in [4.69, 9.17) is 14.2 Å². The maximum absolute atomic E-state index is 13.3. The minimum Gasteiger partial charge on any atom is -0.368 e. The van der Waals surface area contributed by atoms with Crippen LogP contribution in [0.3, 0.4) is 0 Å². The number of aromatic nitrogens is 2. The third-order valence-corrected chi connectivity index (χ3v) is 6.96. The van der Waals surface area contributed by atoms with Crippen molar-refractivity contribution < 1.29 is 14.1 Å². The number of nitrogens with one attached hydrogen (secondary N) is 1. The summed E-state index contributed by atoms with van der Waals surface area (Å²) in [6.45, 7) is 4.80. The maximum atomic E-state index is 13.3. The zero-order valence-corrected chi connectivity index (χ0v) is 17.8. The Balaban J connectivity index is 1.52. The molecule has 29 heavy (non-hydrogen) atoms. The van der Waals surface area contributed by atoms with E-state index in [0.29, 0.717) is 11.7 Å². The minimum absolute atomic E-state index is 0.0918. The average molecular weight is 405 g/mol. The number of amides is 1. The number of nitrogens with zero attached hydrogens (tertiary/aromatic N) is 3. The molecule has 2 aliphatic heterocycles. The molecule has 3 aliphatic rings. The van der Waals surface area contributed by atoms with E-state index in [9.17, 15) is 4.79 Å².